The Hall–Kier alpha value is -2.68. The molecule has 0 amide bonds. The van der Waals surface area contributed by atoms with Crippen molar-refractivity contribution in [3.8, 4) is 21.7 Å². The molecule has 0 aliphatic carbocycles. The van der Waals surface area contributed by atoms with E-state index < -0.39 is 16.1 Å². The van der Waals surface area contributed by atoms with Crippen molar-refractivity contribution in [1.82, 2.24) is 4.98 Å². The first-order valence-electron chi connectivity index (χ1n) is 21.0. The maximum Gasteiger partial charge on any atom is 0.162 e. The molecule has 1 radical (unpaired) electrons. The first-order chi connectivity index (χ1) is 26.0. The van der Waals surface area contributed by atoms with Crippen LogP contribution >= 0.6 is 11.3 Å². The smallest absolute Gasteiger partial charge is 0.162 e. The summed E-state index contributed by atoms with van der Waals surface area (Å²) in [6.07, 6.45) is 6.92. The summed E-state index contributed by atoms with van der Waals surface area (Å²) in [5.41, 5.74) is 4.90. The number of benzene rings is 3. The first-order valence-corrected chi connectivity index (χ1v) is 27.9. The van der Waals surface area contributed by atoms with Crippen molar-refractivity contribution in [3.63, 3.8) is 0 Å². The second kappa shape index (κ2) is 20.3. The van der Waals surface area contributed by atoms with Gasteiger partial charge in [-0.05, 0) is 53.3 Å². The monoisotopic (exact) mass is 983 g/mol. The molecule has 0 fully saturated rings. The van der Waals surface area contributed by atoms with Crippen LogP contribution in [0.4, 0.5) is 0 Å². The van der Waals surface area contributed by atoms with E-state index in [0.29, 0.717) is 0 Å². The summed E-state index contributed by atoms with van der Waals surface area (Å²) in [5.74, 6) is 0.547. The van der Waals surface area contributed by atoms with E-state index in [2.05, 4.69) is 128 Å². The van der Waals surface area contributed by atoms with Gasteiger partial charge in [-0.2, -0.15) is 0 Å². The van der Waals surface area contributed by atoms with Gasteiger partial charge in [0.15, 0.2) is 5.78 Å². The summed E-state index contributed by atoms with van der Waals surface area (Å²) in [5, 5.41) is 16.8. The van der Waals surface area contributed by atoms with Crippen molar-refractivity contribution in [2.75, 3.05) is 0 Å². The standard InChI is InChI=1S/C36H44NSSi2.C13H24O2.Ir/c1-10-40(11-2,12-3)28-19-17-25(18-20-28)33-35(39(7,8)9)30-21-22-37-32(34(30)38-33)27-23-26-15-13-14-16-29(26)31(24-27)36(4,5)6;1-5-10(6-2)12(14)9-13(15)11(7-3)8-4;/h13-22,24H,10-12H2,1-9H3;9-11,14H,5-8H2,1-4H3;/q-1;;/b;12-9-;. The summed E-state index contributed by atoms with van der Waals surface area (Å²) in [7, 11) is -3.07. The van der Waals surface area contributed by atoms with Crippen molar-refractivity contribution in [2.24, 2.45) is 11.8 Å². The zero-order chi connectivity index (χ0) is 40.7. The van der Waals surface area contributed by atoms with Crippen LogP contribution < -0.4 is 10.4 Å². The number of ketones is 1. The number of carbonyl (C=O) groups is 1. The van der Waals surface area contributed by atoms with E-state index >= 15 is 0 Å². The third-order valence-electron chi connectivity index (χ3n) is 12.1. The number of hydrogen-bond donors (Lipinski definition) is 1. The topological polar surface area (TPSA) is 50.2 Å². The second-order valence-corrected chi connectivity index (χ2v) is 28.7. The first kappa shape index (κ1) is 47.7. The minimum Gasteiger partial charge on any atom is -0.512 e. The molecule has 5 aromatic rings. The number of aliphatic hydroxyl groups is 1. The molecule has 0 bridgehead atoms. The van der Waals surface area contributed by atoms with E-state index in [0.717, 1.165) is 42.3 Å². The van der Waals surface area contributed by atoms with Crippen molar-refractivity contribution in [1.29, 1.82) is 0 Å². The van der Waals surface area contributed by atoms with Gasteiger partial charge in [0.25, 0.3) is 0 Å². The normalized spacial score (nSPS) is 12.6. The quantitative estimate of drug-likeness (QED) is 0.0522. The Kier molecular flexibility index (Phi) is 17.3. The molecular weight excluding hydrogens is 915 g/mol. The van der Waals surface area contributed by atoms with Crippen molar-refractivity contribution < 1.29 is 30.0 Å². The van der Waals surface area contributed by atoms with Crippen LogP contribution in [0, 0.1) is 17.9 Å². The predicted octanol–water partition coefficient (Wildman–Crippen LogP) is 14.0. The van der Waals surface area contributed by atoms with Crippen LogP contribution in [0.5, 0.6) is 0 Å². The Balaban J connectivity index is 0.000000448. The van der Waals surface area contributed by atoms with Gasteiger partial charge in [0.2, 0.25) is 0 Å². The molecule has 305 valence electrons. The van der Waals surface area contributed by atoms with Gasteiger partial charge >= 0.3 is 0 Å². The Bertz CT molecular complexity index is 2070. The Morgan fingerprint density at radius 1 is 0.821 bits per heavy atom. The summed E-state index contributed by atoms with van der Waals surface area (Å²) in [4.78, 5) is 18.2. The van der Waals surface area contributed by atoms with E-state index in [1.807, 2.05) is 45.2 Å². The molecule has 0 saturated heterocycles. The van der Waals surface area contributed by atoms with E-state index in [-0.39, 0.29) is 48.9 Å². The summed E-state index contributed by atoms with van der Waals surface area (Å²) >= 11 is 1.94. The average molecular weight is 984 g/mol. The molecule has 56 heavy (non-hydrogen) atoms. The molecule has 0 spiro atoms. The molecule has 5 rings (SSSR count). The maximum atomic E-state index is 11.7. The van der Waals surface area contributed by atoms with Crippen LogP contribution in [0.2, 0.25) is 37.8 Å². The van der Waals surface area contributed by atoms with E-state index in [1.165, 1.54) is 55.7 Å². The van der Waals surface area contributed by atoms with Gasteiger partial charge in [-0.3, -0.25) is 9.78 Å². The second-order valence-electron chi connectivity index (χ2n) is 17.4. The fraction of sp³-hybridized carbons (Fsp3) is 0.469. The zero-order valence-corrected chi connectivity index (χ0v) is 41.8. The van der Waals surface area contributed by atoms with Crippen molar-refractivity contribution in [2.45, 2.75) is 138 Å². The number of carbonyl (C=O) groups excluding carboxylic acids is 1. The fourth-order valence-corrected chi connectivity index (χ4v) is 16.1. The summed E-state index contributed by atoms with van der Waals surface area (Å²) < 4.78 is 1.30. The molecule has 0 aliphatic rings. The van der Waals surface area contributed by atoms with Gasteiger partial charge in [0, 0.05) is 59.5 Å². The Morgan fingerprint density at radius 3 is 1.91 bits per heavy atom. The number of rotatable bonds is 14. The van der Waals surface area contributed by atoms with Gasteiger partial charge in [-0.15, -0.1) is 40.5 Å². The zero-order valence-electron chi connectivity index (χ0n) is 36.6. The maximum absolute atomic E-state index is 11.7. The number of nitrogens with zero attached hydrogens (tertiary/aromatic N) is 1. The van der Waals surface area contributed by atoms with E-state index in [4.69, 9.17) is 4.98 Å². The third-order valence-corrected chi connectivity index (χ3v) is 21.1. The molecule has 0 unspecified atom stereocenters. The fourth-order valence-electron chi connectivity index (χ4n) is 8.26. The molecular formula is C49H68IrNO2SSi2-. The average Bonchev–Trinajstić information content (AvgIpc) is 3.57. The number of allylic oxidation sites excluding steroid dienone is 2. The molecule has 0 aliphatic heterocycles. The number of aliphatic hydroxyl groups excluding tert-OH is 1. The van der Waals surface area contributed by atoms with Crippen LogP contribution in [0.25, 0.3) is 42.6 Å². The minimum absolute atomic E-state index is 0. The number of pyridine rings is 1. The van der Waals surface area contributed by atoms with Crippen molar-refractivity contribution in [3.05, 3.63) is 90.3 Å². The van der Waals surface area contributed by atoms with Crippen LogP contribution in [-0.2, 0) is 30.3 Å². The molecule has 3 nitrogen and oxygen atoms in total. The van der Waals surface area contributed by atoms with Crippen LogP contribution in [0.15, 0.2) is 78.7 Å². The van der Waals surface area contributed by atoms with Gasteiger partial charge in [0.05, 0.1) is 21.9 Å². The number of fused-ring (bicyclic) bond motifs is 2. The minimum atomic E-state index is -1.67. The van der Waals surface area contributed by atoms with E-state index in [1.54, 1.807) is 10.4 Å². The largest absolute Gasteiger partial charge is 0.512 e. The Morgan fingerprint density at radius 2 is 1.39 bits per heavy atom. The Labute approximate surface area is 359 Å². The van der Waals surface area contributed by atoms with Gasteiger partial charge in [0.1, 0.15) is 0 Å². The van der Waals surface area contributed by atoms with Crippen LogP contribution in [0.3, 0.4) is 0 Å². The number of aromatic nitrogens is 1. The van der Waals surface area contributed by atoms with Crippen LogP contribution in [-0.4, -0.2) is 32.0 Å². The van der Waals surface area contributed by atoms with Gasteiger partial charge < -0.3 is 5.11 Å². The van der Waals surface area contributed by atoms with Crippen molar-refractivity contribution >= 4 is 64.5 Å². The molecule has 0 atom stereocenters. The summed E-state index contributed by atoms with van der Waals surface area (Å²) in [6.45, 7) is 29.6. The summed E-state index contributed by atoms with van der Waals surface area (Å²) in [6, 6.07) is 30.7. The molecule has 1 N–H and O–H groups in total. The van der Waals surface area contributed by atoms with E-state index in [9.17, 15) is 9.90 Å². The van der Waals surface area contributed by atoms with Gasteiger partial charge in [-0.25, -0.2) is 0 Å². The predicted molar refractivity (Wildman–Crippen MR) is 249 cm³/mol. The number of hydrogen-bond acceptors (Lipinski definition) is 4. The number of thiophene rings is 1. The molecule has 3 aromatic carbocycles. The SMILES string of the molecule is CCC(CC)C(=O)/C=C(\O)C(CC)CC.CC[Si](CC)(CC)c1ccc(-c2sc3c(-c4[c-]c5ccccc5c(C(C)(C)C)c4)nccc3c2[Si](C)(C)C)cc1.[Ir]. The molecule has 2 heterocycles. The van der Waals surface area contributed by atoms with Gasteiger partial charge in [-0.1, -0.05) is 166 Å². The molecule has 7 heteroatoms. The van der Waals surface area contributed by atoms with Crippen LogP contribution in [0.1, 0.15) is 100 Å². The molecule has 0 saturated carbocycles. The molecule has 2 aromatic heterocycles. The third kappa shape index (κ3) is 10.5.